The quantitative estimate of drug-likeness (QED) is 0.0810. The number of benzene rings is 3. The van der Waals surface area contributed by atoms with Gasteiger partial charge in [-0.05, 0) is 43.5 Å². The zero-order valence-corrected chi connectivity index (χ0v) is 35.9. The molecule has 336 valence electrons. The minimum atomic E-state index is -1.02. The standard InChI is InChI=1S/C47H46N12O7/c60-37-15-14-36(42(61)51-37)59-45(64)31-10-7-13-35(38(31)46(59)65)48-17-16-28-27-58(55-54-28)18-5-6-24-66-25-23-56-19-21-57(22-20-56)47-50-34-12-4-2-9-30(34)41(52-47)40-39(43(62)53-44(40)63)32-26-49-33-11-3-1-8-29(32)33/h1-4,7-13,26-27,36,48-49H,5-6,14-25H2,(H,51,60,61)(H,53,62,63). The number of nitrogens with one attached hydrogen (secondary N) is 4. The Labute approximate surface area is 377 Å². The Morgan fingerprint density at radius 1 is 0.758 bits per heavy atom. The van der Waals surface area contributed by atoms with Gasteiger partial charge in [0, 0.05) is 105 Å². The molecule has 0 spiro atoms. The van der Waals surface area contributed by atoms with E-state index in [1.807, 2.05) is 54.7 Å². The van der Waals surface area contributed by atoms with Crippen LogP contribution in [0, 0.1) is 0 Å². The van der Waals surface area contributed by atoms with Crippen LogP contribution in [0.1, 0.15) is 63.4 Å². The average Bonchev–Trinajstić information content (AvgIpc) is 4.09. The van der Waals surface area contributed by atoms with Gasteiger partial charge in [-0.3, -0.25) is 53.9 Å². The van der Waals surface area contributed by atoms with Crippen molar-refractivity contribution in [1.29, 1.82) is 0 Å². The predicted molar refractivity (Wildman–Crippen MR) is 242 cm³/mol. The summed E-state index contributed by atoms with van der Waals surface area (Å²) in [6, 6.07) is 19.2. The summed E-state index contributed by atoms with van der Waals surface area (Å²) in [5.41, 5.74) is 4.89. The molecule has 19 heteroatoms. The van der Waals surface area contributed by atoms with Crippen molar-refractivity contribution in [1.82, 2.24) is 50.4 Å². The van der Waals surface area contributed by atoms with Gasteiger partial charge in [-0.1, -0.05) is 47.7 Å². The van der Waals surface area contributed by atoms with Crippen LogP contribution in [0.4, 0.5) is 11.6 Å². The molecule has 10 rings (SSSR count). The number of piperidine rings is 1. The normalized spacial score (nSPS) is 18.0. The van der Waals surface area contributed by atoms with Crippen molar-refractivity contribution >= 4 is 80.0 Å². The number of unbranched alkanes of at least 4 members (excludes halogenated alkanes) is 1. The molecule has 1 atom stereocenters. The molecule has 2 fully saturated rings. The molecule has 0 bridgehead atoms. The fourth-order valence-corrected chi connectivity index (χ4v) is 9.11. The van der Waals surface area contributed by atoms with Crippen LogP contribution in [0.2, 0.25) is 0 Å². The second-order valence-electron chi connectivity index (χ2n) is 16.6. The zero-order chi connectivity index (χ0) is 45.3. The first-order valence-corrected chi connectivity index (χ1v) is 22.2. The van der Waals surface area contributed by atoms with Gasteiger partial charge in [0.2, 0.25) is 17.8 Å². The number of imide groups is 3. The van der Waals surface area contributed by atoms with Gasteiger partial charge in [-0.2, -0.15) is 0 Å². The van der Waals surface area contributed by atoms with Crippen LogP contribution in [-0.4, -0.2) is 134 Å². The molecule has 6 aromatic rings. The van der Waals surface area contributed by atoms with E-state index in [0.29, 0.717) is 85.2 Å². The molecule has 3 aromatic heterocycles. The molecule has 1 unspecified atom stereocenters. The molecule has 0 aliphatic carbocycles. The molecule has 66 heavy (non-hydrogen) atoms. The maximum absolute atomic E-state index is 13.5. The van der Waals surface area contributed by atoms with Crippen LogP contribution in [0.15, 0.2) is 79.1 Å². The molecular weight excluding hydrogens is 845 g/mol. The first kappa shape index (κ1) is 42.3. The lowest BCUT2D eigenvalue weighted by atomic mass is 9.97. The molecule has 6 amide bonds. The monoisotopic (exact) mass is 890 g/mol. The number of para-hydroxylation sites is 2. The number of nitrogens with zero attached hydrogens (tertiary/aromatic N) is 8. The van der Waals surface area contributed by atoms with Gasteiger partial charge in [0.25, 0.3) is 23.6 Å². The highest BCUT2D eigenvalue weighted by atomic mass is 16.5. The highest BCUT2D eigenvalue weighted by molar-refractivity contribution is 6.50. The van der Waals surface area contributed by atoms with E-state index < -0.39 is 41.5 Å². The molecular formula is C47H46N12O7. The molecule has 0 radical (unpaired) electrons. The number of ether oxygens (including phenoxy) is 1. The van der Waals surface area contributed by atoms with Crippen molar-refractivity contribution in [2.24, 2.45) is 0 Å². The highest BCUT2D eigenvalue weighted by Gasteiger charge is 2.45. The largest absolute Gasteiger partial charge is 0.384 e. The minimum Gasteiger partial charge on any atom is -0.384 e. The molecule has 7 heterocycles. The number of fused-ring (bicyclic) bond motifs is 3. The third kappa shape index (κ3) is 8.17. The fraction of sp³-hybridized carbons (Fsp3) is 0.319. The smallest absolute Gasteiger partial charge is 0.264 e. The molecule has 4 aliphatic heterocycles. The van der Waals surface area contributed by atoms with Crippen LogP contribution >= 0.6 is 0 Å². The molecule has 4 aliphatic rings. The highest BCUT2D eigenvalue weighted by Crippen LogP contribution is 2.37. The number of amides is 6. The van der Waals surface area contributed by atoms with Crippen LogP contribution < -0.4 is 20.9 Å². The van der Waals surface area contributed by atoms with Crippen molar-refractivity contribution in [3.05, 3.63) is 107 Å². The lowest BCUT2D eigenvalue weighted by Crippen LogP contribution is -2.54. The number of piperazine rings is 1. The van der Waals surface area contributed by atoms with E-state index in [0.717, 1.165) is 54.0 Å². The number of H-pyrrole nitrogens is 1. The number of aromatic nitrogens is 6. The number of hydrogen-bond acceptors (Lipinski definition) is 14. The number of aryl methyl sites for hydroxylation is 1. The van der Waals surface area contributed by atoms with E-state index in [4.69, 9.17) is 14.7 Å². The van der Waals surface area contributed by atoms with Crippen molar-refractivity contribution in [3.8, 4) is 0 Å². The number of carbonyl (C=O) groups is 6. The fourth-order valence-electron chi connectivity index (χ4n) is 9.11. The van der Waals surface area contributed by atoms with Crippen LogP contribution in [0.25, 0.3) is 33.0 Å². The van der Waals surface area contributed by atoms with Gasteiger partial charge in [-0.25, -0.2) is 9.97 Å². The van der Waals surface area contributed by atoms with E-state index in [1.54, 1.807) is 29.1 Å². The number of anilines is 2. The van der Waals surface area contributed by atoms with Crippen molar-refractivity contribution in [3.63, 3.8) is 0 Å². The summed E-state index contributed by atoms with van der Waals surface area (Å²) in [6.45, 7) is 6.08. The number of aromatic amines is 1. The molecule has 19 nitrogen and oxygen atoms in total. The Morgan fingerprint density at radius 3 is 2.41 bits per heavy atom. The maximum atomic E-state index is 13.5. The number of hydrogen-bond donors (Lipinski definition) is 4. The summed E-state index contributed by atoms with van der Waals surface area (Å²) in [5.74, 6) is -2.58. The molecule has 0 saturated carbocycles. The summed E-state index contributed by atoms with van der Waals surface area (Å²) in [7, 11) is 0. The predicted octanol–water partition coefficient (Wildman–Crippen LogP) is 2.94. The summed E-state index contributed by atoms with van der Waals surface area (Å²) in [4.78, 5) is 96.0. The van der Waals surface area contributed by atoms with E-state index in [2.05, 4.69) is 41.0 Å². The van der Waals surface area contributed by atoms with Gasteiger partial charge in [0.1, 0.15) is 6.04 Å². The van der Waals surface area contributed by atoms with Crippen molar-refractivity contribution in [2.45, 2.75) is 44.7 Å². The van der Waals surface area contributed by atoms with Crippen molar-refractivity contribution < 1.29 is 33.5 Å². The number of rotatable bonds is 16. The number of carbonyl (C=O) groups excluding carboxylic acids is 6. The van der Waals surface area contributed by atoms with E-state index in [-0.39, 0.29) is 29.5 Å². The summed E-state index contributed by atoms with van der Waals surface area (Å²) < 4.78 is 7.81. The third-order valence-electron chi connectivity index (χ3n) is 12.5. The Balaban J connectivity index is 0.668. The van der Waals surface area contributed by atoms with E-state index in [1.165, 1.54) is 0 Å². The van der Waals surface area contributed by atoms with Gasteiger partial charge < -0.3 is 19.9 Å². The SMILES string of the molecule is O=C1CCC(N2C(=O)c3cccc(NCCc4cn(CCCCOCCN5CCN(c6nc(C7=C(c8c[nH]c9ccccc89)C(=O)NC7=O)c7ccccc7n6)CC5)nn4)c3C2=O)C(=O)N1. The van der Waals surface area contributed by atoms with Gasteiger partial charge in [-0.15, -0.1) is 5.10 Å². The summed E-state index contributed by atoms with van der Waals surface area (Å²) in [5, 5.41) is 18.1. The van der Waals surface area contributed by atoms with Crippen LogP contribution in [0.3, 0.4) is 0 Å². The average molecular weight is 891 g/mol. The summed E-state index contributed by atoms with van der Waals surface area (Å²) >= 11 is 0. The topological polar surface area (TPSA) is 230 Å². The minimum absolute atomic E-state index is 0.0593. The Hall–Kier alpha value is -7.64. The Bertz CT molecular complexity index is 2970. The second-order valence-corrected chi connectivity index (χ2v) is 16.6. The molecule has 3 aromatic carbocycles. The van der Waals surface area contributed by atoms with Gasteiger partial charge in [0.15, 0.2) is 0 Å². The molecule has 2 saturated heterocycles. The Morgan fingerprint density at radius 2 is 1.56 bits per heavy atom. The zero-order valence-electron chi connectivity index (χ0n) is 35.9. The maximum Gasteiger partial charge on any atom is 0.264 e. The van der Waals surface area contributed by atoms with Crippen LogP contribution in [-0.2, 0) is 36.9 Å². The second kappa shape index (κ2) is 18.1. The molecule has 4 N–H and O–H groups in total. The lowest BCUT2D eigenvalue weighted by molar-refractivity contribution is -0.136. The first-order valence-electron chi connectivity index (χ1n) is 22.2. The third-order valence-corrected chi connectivity index (χ3v) is 12.5. The lowest BCUT2D eigenvalue weighted by Gasteiger charge is -2.34. The van der Waals surface area contributed by atoms with E-state index >= 15 is 0 Å². The van der Waals surface area contributed by atoms with Gasteiger partial charge in [0.05, 0.1) is 45.8 Å². The Kier molecular flexibility index (Phi) is 11.6. The van der Waals surface area contributed by atoms with Crippen LogP contribution in [0.5, 0.6) is 0 Å². The van der Waals surface area contributed by atoms with Crippen molar-refractivity contribution in [2.75, 3.05) is 62.7 Å². The first-order chi connectivity index (χ1) is 32.2. The van der Waals surface area contributed by atoms with E-state index in [9.17, 15) is 28.8 Å². The summed E-state index contributed by atoms with van der Waals surface area (Å²) in [6.07, 6.45) is 6.07. The van der Waals surface area contributed by atoms with Gasteiger partial charge >= 0.3 is 0 Å².